The molecule has 23 heavy (non-hydrogen) atoms. The molecule has 0 aliphatic carbocycles. The van der Waals surface area contributed by atoms with Crippen molar-refractivity contribution in [3.8, 4) is 0 Å². The van der Waals surface area contributed by atoms with Crippen LogP contribution in [0.15, 0.2) is 36.4 Å². The molecule has 0 bridgehead atoms. The summed E-state index contributed by atoms with van der Waals surface area (Å²) in [6.45, 7) is 2.91. The standard InChI is InChI=1S/C18H25N3O2/c1-20(12-13-21-17(22)9-10-18(21)23)14-16-7-5-15(6-8-16)4-2-3-11-19/h5-10H,2-4,11-14,19H2,1H3/p+1. The predicted molar refractivity (Wildman–Crippen MR) is 89.3 cm³/mol. The van der Waals surface area contributed by atoms with Gasteiger partial charge in [0.2, 0.25) is 0 Å². The number of carbonyl (C=O) groups is 2. The van der Waals surface area contributed by atoms with Gasteiger partial charge in [-0.3, -0.25) is 14.5 Å². The van der Waals surface area contributed by atoms with E-state index < -0.39 is 0 Å². The van der Waals surface area contributed by atoms with Crippen LogP contribution in [0.25, 0.3) is 0 Å². The summed E-state index contributed by atoms with van der Waals surface area (Å²) < 4.78 is 0. The van der Waals surface area contributed by atoms with Crippen LogP contribution in [-0.2, 0) is 22.6 Å². The number of aryl methyl sites for hydroxylation is 1. The van der Waals surface area contributed by atoms with Crippen molar-refractivity contribution in [2.75, 3.05) is 26.7 Å². The number of hydrogen-bond acceptors (Lipinski definition) is 3. The molecule has 124 valence electrons. The van der Waals surface area contributed by atoms with E-state index in [0.717, 1.165) is 19.5 Å². The van der Waals surface area contributed by atoms with Gasteiger partial charge in [0.25, 0.3) is 11.8 Å². The van der Waals surface area contributed by atoms with Gasteiger partial charge in [-0.25, -0.2) is 0 Å². The number of likely N-dealkylation sites (N-methyl/N-ethyl adjacent to an activating group) is 1. The number of rotatable bonds is 9. The minimum absolute atomic E-state index is 0.213. The largest absolute Gasteiger partial charge is 0.358 e. The first-order chi connectivity index (χ1) is 11.1. The molecule has 0 spiro atoms. The summed E-state index contributed by atoms with van der Waals surface area (Å²) in [5, 5.41) is 0. The summed E-state index contributed by atoms with van der Waals surface area (Å²) >= 11 is 0. The van der Waals surface area contributed by atoms with Crippen molar-refractivity contribution >= 4 is 11.8 Å². The van der Waals surface area contributed by atoms with Crippen molar-refractivity contribution in [2.45, 2.75) is 25.8 Å². The number of amides is 2. The highest BCUT2D eigenvalue weighted by atomic mass is 16.2. The van der Waals surface area contributed by atoms with Gasteiger partial charge in [0, 0.05) is 31.8 Å². The highest BCUT2D eigenvalue weighted by molar-refractivity contribution is 6.12. The zero-order chi connectivity index (χ0) is 16.7. The molecule has 2 rings (SSSR count). The van der Waals surface area contributed by atoms with Crippen LogP contribution >= 0.6 is 0 Å². The highest BCUT2D eigenvalue weighted by Crippen LogP contribution is 2.10. The van der Waals surface area contributed by atoms with Gasteiger partial charge >= 0.3 is 0 Å². The van der Waals surface area contributed by atoms with E-state index in [-0.39, 0.29) is 11.8 Å². The van der Waals surface area contributed by atoms with Crippen molar-refractivity contribution in [3.63, 3.8) is 0 Å². The Morgan fingerprint density at radius 1 is 1.00 bits per heavy atom. The van der Waals surface area contributed by atoms with Crippen molar-refractivity contribution in [1.82, 2.24) is 9.80 Å². The van der Waals surface area contributed by atoms with Crippen LogP contribution in [0, 0.1) is 0 Å². The van der Waals surface area contributed by atoms with Crippen LogP contribution in [0.2, 0.25) is 0 Å². The van der Waals surface area contributed by atoms with Gasteiger partial charge in [0.15, 0.2) is 0 Å². The van der Waals surface area contributed by atoms with E-state index in [2.05, 4.69) is 34.9 Å². The summed E-state index contributed by atoms with van der Waals surface area (Å²) in [6.07, 6.45) is 6.13. The monoisotopic (exact) mass is 316 g/mol. The topological polar surface area (TPSA) is 68.3 Å². The lowest BCUT2D eigenvalue weighted by Gasteiger charge is -2.20. The van der Waals surface area contributed by atoms with Crippen molar-refractivity contribution in [2.24, 2.45) is 0 Å². The molecule has 0 saturated heterocycles. The summed E-state index contributed by atoms with van der Waals surface area (Å²) in [7, 11) is 2.00. The Morgan fingerprint density at radius 2 is 1.61 bits per heavy atom. The van der Waals surface area contributed by atoms with Gasteiger partial charge in [0.1, 0.15) is 0 Å². The lowest BCUT2D eigenvalue weighted by atomic mass is 10.1. The Morgan fingerprint density at radius 3 is 2.22 bits per heavy atom. The van der Waals surface area contributed by atoms with Crippen molar-refractivity contribution in [3.05, 3.63) is 47.5 Å². The number of hydrogen-bond donors (Lipinski definition) is 1. The number of imide groups is 1. The first-order valence-corrected chi connectivity index (χ1v) is 8.19. The van der Waals surface area contributed by atoms with Gasteiger partial charge < -0.3 is 10.6 Å². The van der Waals surface area contributed by atoms with Crippen molar-refractivity contribution in [1.29, 1.82) is 0 Å². The Hall–Kier alpha value is -1.98. The quantitative estimate of drug-likeness (QED) is 0.536. The molecule has 0 radical (unpaired) electrons. The normalized spacial score (nSPS) is 14.3. The average Bonchev–Trinajstić information content (AvgIpc) is 2.86. The second-order valence-corrected chi connectivity index (χ2v) is 6.03. The van der Waals surface area contributed by atoms with Crippen molar-refractivity contribution < 1.29 is 15.3 Å². The maximum Gasteiger partial charge on any atom is 0.253 e. The van der Waals surface area contributed by atoms with Crippen LogP contribution in [0.4, 0.5) is 0 Å². The van der Waals surface area contributed by atoms with E-state index >= 15 is 0 Å². The number of unbranched alkanes of at least 4 members (excludes halogenated alkanes) is 1. The number of quaternary nitrogens is 1. The van der Waals surface area contributed by atoms with E-state index in [1.54, 1.807) is 0 Å². The van der Waals surface area contributed by atoms with Gasteiger partial charge in [-0.15, -0.1) is 0 Å². The Balaban J connectivity index is 1.75. The summed E-state index contributed by atoms with van der Waals surface area (Å²) in [5.74, 6) is -0.426. The number of nitrogens with zero attached hydrogens (tertiary/aromatic N) is 2. The Labute approximate surface area is 137 Å². The van der Waals surface area contributed by atoms with Gasteiger partial charge in [-0.2, -0.15) is 0 Å². The summed E-state index contributed by atoms with van der Waals surface area (Å²) in [6, 6.07) is 8.68. The average molecular weight is 316 g/mol. The maximum atomic E-state index is 11.5. The zero-order valence-corrected chi connectivity index (χ0v) is 13.8. The van der Waals surface area contributed by atoms with Crippen LogP contribution in [0.5, 0.6) is 0 Å². The molecule has 0 fully saturated rings. The molecule has 1 heterocycles. The minimum Gasteiger partial charge on any atom is -0.358 e. The second kappa shape index (κ2) is 8.60. The minimum atomic E-state index is -0.213. The molecule has 0 unspecified atom stereocenters. The molecule has 0 saturated carbocycles. The van der Waals surface area contributed by atoms with E-state index in [1.807, 2.05) is 7.05 Å². The first-order valence-electron chi connectivity index (χ1n) is 8.19. The maximum absolute atomic E-state index is 11.5. The van der Waals surface area contributed by atoms with E-state index in [9.17, 15) is 9.59 Å². The molecule has 0 atom stereocenters. The zero-order valence-electron chi connectivity index (χ0n) is 13.8. The first kappa shape index (κ1) is 17.4. The van der Waals surface area contributed by atoms with Gasteiger partial charge in [-0.05, 0) is 37.4 Å². The smallest absolute Gasteiger partial charge is 0.253 e. The van der Waals surface area contributed by atoms with Crippen LogP contribution in [0.1, 0.15) is 24.0 Å². The fourth-order valence-electron chi connectivity index (χ4n) is 2.63. The fraction of sp³-hybridized carbons (Fsp3) is 0.444. The molecular formula is C18H26N3O2+. The van der Waals surface area contributed by atoms with E-state index in [4.69, 9.17) is 0 Å². The Bertz CT molecular complexity index is 548. The lowest BCUT2D eigenvalue weighted by Crippen LogP contribution is -2.50. The van der Waals surface area contributed by atoms with Gasteiger partial charge in [-0.1, -0.05) is 24.3 Å². The SMILES string of the molecule is CN(CCN1C(=O)C=CC1=O)Cc1ccc(CCCC[NH3+])cc1. The molecule has 0 aromatic heterocycles. The van der Waals surface area contributed by atoms with E-state index in [0.29, 0.717) is 13.1 Å². The third kappa shape index (κ3) is 5.30. The van der Waals surface area contributed by atoms with Crippen LogP contribution < -0.4 is 5.73 Å². The third-order valence-electron chi connectivity index (χ3n) is 4.05. The third-order valence-corrected chi connectivity index (χ3v) is 4.05. The summed E-state index contributed by atoms with van der Waals surface area (Å²) in [5.41, 5.74) is 6.47. The molecule has 5 nitrogen and oxygen atoms in total. The molecule has 2 amide bonds. The van der Waals surface area contributed by atoms with Gasteiger partial charge in [0.05, 0.1) is 6.54 Å². The van der Waals surface area contributed by atoms with Crippen LogP contribution in [0.3, 0.4) is 0 Å². The predicted octanol–water partition coefficient (Wildman–Crippen LogP) is 0.608. The summed E-state index contributed by atoms with van der Waals surface area (Å²) in [4.78, 5) is 26.4. The Kier molecular flexibility index (Phi) is 6.50. The van der Waals surface area contributed by atoms with Crippen LogP contribution in [-0.4, -0.2) is 48.3 Å². The molecular weight excluding hydrogens is 290 g/mol. The molecule has 1 aromatic rings. The molecule has 1 aliphatic rings. The lowest BCUT2D eigenvalue weighted by molar-refractivity contribution is -0.368. The second-order valence-electron chi connectivity index (χ2n) is 6.03. The fourth-order valence-corrected chi connectivity index (χ4v) is 2.63. The number of carbonyl (C=O) groups excluding carboxylic acids is 2. The molecule has 1 aliphatic heterocycles. The molecule has 5 heteroatoms. The highest BCUT2D eigenvalue weighted by Gasteiger charge is 2.22. The number of benzene rings is 1. The molecule has 1 aromatic carbocycles. The van der Waals surface area contributed by atoms with E-state index in [1.165, 1.54) is 41.0 Å². The molecule has 3 N–H and O–H groups in total.